The molecule has 82 valence electrons. The Hall–Kier alpha value is -0.750. The first-order valence-corrected chi connectivity index (χ1v) is 3.72. The first-order chi connectivity index (χ1) is 6.05. The van der Waals surface area contributed by atoms with Gasteiger partial charge in [-0.15, -0.1) is 12.4 Å². The first kappa shape index (κ1) is 13.2. The van der Waals surface area contributed by atoms with Crippen LogP contribution in [0, 0.1) is 0 Å². The van der Waals surface area contributed by atoms with Gasteiger partial charge in [-0.3, -0.25) is 0 Å². The van der Waals surface area contributed by atoms with Crippen LogP contribution in [-0.2, 0) is 0 Å². The van der Waals surface area contributed by atoms with Crippen molar-refractivity contribution in [2.24, 2.45) is 5.73 Å². The molecule has 14 heavy (non-hydrogen) atoms. The largest absolute Gasteiger partial charge is 0.397 e. The van der Waals surface area contributed by atoms with E-state index in [2.05, 4.69) is 9.68 Å². The number of aromatic nitrogens is 1. The third-order valence-corrected chi connectivity index (χ3v) is 1.67. The van der Waals surface area contributed by atoms with Crippen LogP contribution in [0.4, 0.5) is 13.2 Å². The Kier molecular flexibility index (Phi) is 4.93. The summed E-state index contributed by atoms with van der Waals surface area (Å²) in [7, 11) is 0. The third-order valence-electron chi connectivity index (χ3n) is 1.67. The molecule has 0 amide bonds. The Balaban J connectivity index is 0.00000169. The molecule has 0 aliphatic rings. The Bertz CT molecular complexity index is 250. The number of alkyl halides is 3. The molecule has 0 aromatic carbocycles. The van der Waals surface area contributed by atoms with E-state index in [1.807, 2.05) is 0 Å². The Labute approximate surface area is 84.8 Å². The molecule has 0 fully saturated rings. The molecule has 1 rings (SSSR count). The molecule has 1 aromatic heterocycles. The van der Waals surface area contributed by atoms with Gasteiger partial charge in [0.1, 0.15) is 12.2 Å². The Morgan fingerprint density at radius 1 is 1.50 bits per heavy atom. The second kappa shape index (κ2) is 5.21. The second-order valence-corrected chi connectivity index (χ2v) is 2.60. The number of hydrogen-bond acceptors (Lipinski definition) is 3. The van der Waals surface area contributed by atoms with Crippen molar-refractivity contribution in [1.29, 1.82) is 0 Å². The monoisotopic (exact) mass is 230 g/mol. The van der Waals surface area contributed by atoms with Gasteiger partial charge in [0.15, 0.2) is 0 Å². The normalized spacial score (nSPS) is 13.4. The summed E-state index contributed by atoms with van der Waals surface area (Å²) in [6.07, 6.45) is -3.36. The van der Waals surface area contributed by atoms with E-state index in [1.54, 1.807) is 0 Å². The highest BCUT2D eigenvalue weighted by atomic mass is 35.5. The Morgan fingerprint density at radius 3 is 2.50 bits per heavy atom. The molecule has 0 bridgehead atoms. The number of hydrogen-bond donors (Lipinski definition) is 1. The van der Waals surface area contributed by atoms with Gasteiger partial charge < -0.3 is 10.3 Å². The van der Waals surface area contributed by atoms with Crippen molar-refractivity contribution < 1.29 is 17.7 Å². The highest BCUT2D eigenvalue weighted by Crippen LogP contribution is 2.35. The molecule has 7 heteroatoms. The molecule has 0 radical (unpaired) electrons. The van der Waals surface area contributed by atoms with Crippen molar-refractivity contribution in [3.05, 3.63) is 18.0 Å². The van der Waals surface area contributed by atoms with Crippen molar-refractivity contribution in [2.75, 3.05) is 6.54 Å². The van der Waals surface area contributed by atoms with Gasteiger partial charge in [-0.25, -0.2) is 0 Å². The predicted octanol–water partition coefficient (Wildman–Crippen LogP) is 2.09. The summed E-state index contributed by atoms with van der Waals surface area (Å²) in [6, 6.07) is 1.20. The van der Waals surface area contributed by atoms with Crippen molar-refractivity contribution in [2.45, 2.75) is 18.5 Å². The van der Waals surface area contributed by atoms with E-state index in [4.69, 9.17) is 5.73 Å². The van der Waals surface area contributed by atoms with Crippen LogP contribution in [-0.4, -0.2) is 17.9 Å². The zero-order valence-corrected chi connectivity index (χ0v) is 7.94. The fraction of sp³-hybridized carbons (Fsp3) is 0.571. The number of nitrogens with two attached hydrogens (primary N) is 1. The van der Waals surface area contributed by atoms with E-state index >= 15 is 0 Å². The van der Waals surface area contributed by atoms with E-state index in [9.17, 15) is 13.2 Å². The fourth-order valence-electron chi connectivity index (χ4n) is 1.05. The molecule has 0 spiro atoms. The number of nitrogens with zero attached hydrogens (tertiary/aromatic N) is 1. The van der Waals surface area contributed by atoms with Crippen LogP contribution in [0.25, 0.3) is 0 Å². The smallest absolute Gasteiger partial charge is 0.364 e. The fourth-order valence-corrected chi connectivity index (χ4v) is 1.05. The standard InChI is InChI=1S/C7H9F3N2O.ClH/c8-7(9,10)5(1-3-11)6-2-4-13-12-6;/h2,4-5H,1,3,11H2;1H. The number of rotatable bonds is 3. The van der Waals surface area contributed by atoms with Crippen LogP contribution in [0.3, 0.4) is 0 Å². The van der Waals surface area contributed by atoms with Crippen molar-refractivity contribution in [3.63, 3.8) is 0 Å². The predicted molar refractivity (Wildman–Crippen MR) is 46.2 cm³/mol. The van der Waals surface area contributed by atoms with Gasteiger partial charge in [0, 0.05) is 6.07 Å². The maximum atomic E-state index is 12.3. The van der Waals surface area contributed by atoms with Gasteiger partial charge >= 0.3 is 6.18 Å². The van der Waals surface area contributed by atoms with Gasteiger partial charge in [-0.1, -0.05) is 5.16 Å². The summed E-state index contributed by atoms with van der Waals surface area (Å²) >= 11 is 0. The summed E-state index contributed by atoms with van der Waals surface area (Å²) in [5.41, 5.74) is 4.96. The average Bonchev–Trinajstić information content (AvgIpc) is 2.49. The molecule has 0 saturated carbocycles. The quantitative estimate of drug-likeness (QED) is 0.865. The highest BCUT2D eigenvalue weighted by molar-refractivity contribution is 5.85. The maximum absolute atomic E-state index is 12.3. The zero-order chi connectivity index (χ0) is 9.90. The van der Waals surface area contributed by atoms with Crippen LogP contribution >= 0.6 is 12.4 Å². The topological polar surface area (TPSA) is 52.0 Å². The molecule has 0 aliphatic carbocycles. The third kappa shape index (κ3) is 3.19. The molecule has 2 N–H and O–H groups in total. The minimum atomic E-state index is -4.31. The van der Waals surface area contributed by atoms with Gasteiger partial charge in [0.05, 0.1) is 5.69 Å². The molecule has 1 aromatic rings. The molecular formula is C7H10ClF3N2O. The minimum absolute atomic E-state index is 0. The lowest BCUT2D eigenvalue weighted by molar-refractivity contribution is -0.152. The van der Waals surface area contributed by atoms with E-state index < -0.39 is 12.1 Å². The van der Waals surface area contributed by atoms with Crippen LogP contribution in [0.2, 0.25) is 0 Å². The SMILES string of the molecule is Cl.NCCC(c1ccon1)C(F)(F)F. The first-order valence-electron chi connectivity index (χ1n) is 3.72. The van der Waals surface area contributed by atoms with Gasteiger partial charge in [0.2, 0.25) is 0 Å². The average molecular weight is 231 g/mol. The lowest BCUT2D eigenvalue weighted by Crippen LogP contribution is -2.23. The van der Waals surface area contributed by atoms with E-state index in [0.29, 0.717) is 0 Å². The molecule has 3 nitrogen and oxygen atoms in total. The molecule has 1 heterocycles. The van der Waals surface area contributed by atoms with Gasteiger partial charge in [-0.2, -0.15) is 13.2 Å². The van der Waals surface area contributed by atoms with Crippen molar-refractivity contribution in [1.82, 2.24) is 5.16 Å². The van der Waals surface area contributed by atoms with Gasteiger partial charge in [0.25, 0.3) is 0 Å². The Morgan fingerprint density at radius 2 is 2.14 bits per heavy atom. The summed E-state index contributed by atoms with van der Waals surface area (Å²) in [6.45, 7) is -0.0307. The number of halogens is 4. The van der Waals surface area contributed by atoms with Crippen LogP contribution < -0.4 is 5.73 Å². The molecule has 0 saturated heterocycles. The minimum Gasteiger partial charge on any atom is -0.364 e. The maximum Gasteiger partial charge on any atom is 0.397 e. The molecule has 1 atom stereocenters. The van der Waals surface area contributed by atoms with Gasteiger partial charge in [-0.05, 0) is 13.0 Å². The highest BCUT2D eigenvalue weighted by Gasteiger charge is 2.41. The van der Waals surface area contributed by atoms with Crippen LogP contribution in [0.5, 0.6) is 0 Å². The van der Waals surface area contributed by atoms with Crippen molar-refractivity contribution >= 4 is 12.4 Å². The van der Waals surface area contributed by atoms with Crippen LogP contribution in [0.1, 0.15) is 18.0 Å². The summed E-state index contributed by atoms with van der Waals surface area (Å²) in [4.78, 5) is 0. The second-order valence-electron chi connectivity index (χ2n) is 2.60. The van der Waals surface area contributed by atoms with Crippen molar-refractivity contribution in [3.8, 4) is 0 Å². The van der Waals surface area contributed by atoms with E-state index in [-0.39, 0.29) is 31.1 Å². The lowest BCUT2D eigenvalue weighted by atomic mass is 10.0. The lowest BCUT2D eigenvalue weighted by Gasteiger charge is -2.16. The zero-order valence-electron chi connectivity index (χ0n) is 7.12. The molecule has 1 unspecified atom stereocenters. The summed E-state index contributed by atoms with van der Waals surface area (Å²) < 4.78 is 41.3. The van der Waals surface area contributed by atoms with E-state index in [0.717, 1.165) is 6.26 Å². The molecular weight excluding hydrogens is 221 g/mol. The molecule has 0 aliphatic heterocycles. The van der Waals surface area contributed by atoms with E-state index in [1.165, 1.54) is 6.07 Å². The van der Waals surface area contributed by atoms with Crippen LogP contribution in [0.15, 0.2) is 16.9 Å². The summed E-state index contributed by atoms with van der Waals surface area (Å²) in [5, 5.41) is 3.25. The summed E-state index contributed by atoms with van der Waals surface area (Å²) in [5.74, 6) is -1.61.